The van der Waals surface area contributed by atoms with Gasteiger partial charge in [-0.3, -0.25) is 0 Å². The van der Waals surface area contributed by atoms with Gasteiger partial charge in [-0.1, -0.05) is 27.7 Å². The quantitative estimate of drug-likeness (QED) is 0.521. The third-order valence-electron chi connectivity index (χ3n) is 3.07. The molecular formula is C19H30O5. The molecule has 1 rings (SSSR count). The second-order valence-electron chi connectivity index (χ2n) is 5.48. The predicted octanol–water partition coefficient (Wildman–Crippen LogP) is 4.62. The van der Waals surface area contributed by atoms with Crippen LogP contribution in [-0.4, -0.2) is 32.4 Å². The fourth-order valence-electron chi connectivity index (χ4n) is 1.96. The lowest BCUT2D eigenvalue weighted by molar-refractivity contribution is 0.0504. The van der Waals surface area contributed by atoms with E-state index in [1.54, 1.807) is 12.1 Å². The number of carbonyl (C=O) groups excluding carboxylic acids is 1. The maximum Gasteiger partial charge on any atom is 0.338 e. The standard InChI is InChI=1S/C19H30O5/c1-5-9-21-16-13-15(19(20)24-12-8-4)14-17(22-10-6-2)18(16)23-11-7-3/h13-14H,5-12H2,1-4H3. The molecule has 1 aromatic rings. The van der Waals surface area contributed by atoms with E-state index in [4.69, 9.17) is 18.9 Å². The molecule has 0 unspecified atom stereocenters. The van der Waals surface area contributed by atoms with Gasteiger partial charge in [0.1, 0.15) is 0 Å². The van der Waals surface area contributed by atoms with E-state index in [0.717, 1.165) is 25.7 Å². The molecule has 0 radical (unpaired) electrons. The number of hydrogen-bond acceptors (Lipinski definition) is 5. The van der Waals surface area contributed by atoms with Gasteiger partial charge in [0.2, 0.25) is 5.75 Å². The summed E-state index contributed by atoms with van der Waals surface area (Å²) in [5.74, 6) is 1.25. The van der Waals surface area contributed by atoms with Crippen molar-refractivity contribution in [1.82, 2.24) is 0 Å². The minimum Gasteiger partial charge on any atom is -0.490 e. The Morgan fingerprint density at radius 3 is 1.67 bits per heavy atom. The van der Waals surface area contributed by atoms with Crippen LogP contribution in [0.1, 0.15) is 63.7 Å². The summed E-state index contributed by atoms with van der Waals surface area (Å²) in [6, 6.07) is 3.36. The van der Waals surface area contributed by atoms with Crippen LogP contribution in [0.4, 0.5) is 0 Å². The molecule has 5 nitrogen and oxygen atoms in total. The van der Waals surface area contributed by atoms with Crippen molar-refractivity contribution in [2.75, 3.05) is 26.4 Å². The molecule has 5 heteroatoms. The van der Waals surface area contributed by atoms with Crippen molar-refractivity contribution in [2.24, 2.45) is 0 Å². The molecule has 0 aliphatic rings. The van der Waals surface area contributed by atoms with Crippen LogP contribution in [0.5, 0.6) is 17.2 Å². The van der Waals surface area contributed by atoms with Gasteiger partial charge in [0.05, 0.1) is 32.0 Å². The van der Waals surface area contributed by atoms with Gasteiger partial charge in [0.25, 0.3) is 0 Å². The molecule has 0 bridgehead atoms. The van der Waals surface area contributed by atoms with Gasteiger partial charge in [-0.2, -0.15) is 0 Å². The highest BCUT2D eigenvalue weighted by Crippen LogP contribution is 2.39. The third kappa shape index (κ3) is 6.30. The fourth-order valence-corrected chi connectivity index (χ4v) is 1.96. The van der Waals surface area contributed by atoms with Crippen molar-refractivity contribution >= 4 is 5.97 Å². The molecule has 0 heterocycles. The number of esters is 1. The Balaban J connectivity index is 3.18. The molecule has 136 valence electrons. The van der Waals surface area contributed by atoms with Crippen molar-refractivity contribution in [1.29, 1.82) is 0 Å². The highest BCUT2D eigenvalue weighted by Gasteiger charge is 2.19. The van der Waals surface area contributed by atoms with Crippen LogP contribution in [0, 0.1) is 0 Å². The number of hydrogen-bond donors (Lipinski definition) is 0. The van der Waals surface area contributed by atoms with E-state index in [0.29, 0.717) is 49.2 Å². The zero-order valence-electron chi connectivity index (χ0n) is 15.4. The zero-order valence-corrected chi connectivity index (χ0v) is 15.4. The molecule has 0 amide bonds. The molecule has 0 saturated carbocycles. The summed E-state index contributed by atoms with van der Waals surface area (Å²) < 4.78 is 22.6. The Kier molecular flexibility index (Phi) is 9.73. The van der Waals surface area contributed by atoms with Crippen LogP contribution in [0.25, 0.3) is 0 Å². The smallest absolute Gasteiger partial charge is 0.338 e. The lowest BCUT2D eigenvalue weighted by Gasteiger charge is -2.18. The normalized spacial score (nSPS) is 10.3. The minimum atomic E-state index is -0.374. The molecule has 0 N–H and O–H groups in total. The molecule has 0 aliphatic carbocycles. The van der Waals surface area contributed by atoms with Crippen molar-refractivity contribution in [3.8, 4) is 17.2 Å². The minimum absolute atomic E-state index is 0.374. The molecule has 0 fully saturated rings. The first-order valence-corrected chi connectivity index (χ1v) is 8.91. The van der Waals surface area contributed by atoms with Crippen LogP contribution >= 0.6 is 0 Å². The first-order chi connectivity index (χ1) is 11.7. The summed E-state index contributed by atoms with van der Waals surface area (Å²) in [6.07, 6.45) is 3.38. The Labute approximate surface area is 145 Å². The first kappa shape index (κ1) is 20.1. The fraction of sp³-hybridized carbons (Fsp3) is 0.632. The SMILES string of the molecule is CCCOC(=O)c1cc(OCCC)c(OCCC)c(OCCC)c1. The van der Waals surface area contributed by atoms with Crippen LogP contribution in [0.3, 0.4) is 0 Å². The summed E-state index contributed by atoms with van der Waals surface area (Å²) in [5, 5.41) is 0. The van der Waals surface area contributed by atoms with E-state index >= 15 is 0 Å². The molecule has 0 aliphatic heterocycles. The Hall–Kier alpha value is -1.91. The van der Waals surface area contributed by atoms with E-state index in [-0.39, 0.29) is 5.97 Å². The highest BCUT2D eigenvalue weighted by atomic mass is 16.5. The second-order valence-corrected chi connectivity index (χ2v) is 5.48. The maximum atomic E-state index is 12.2. The molecule has 0 atom stereocenters. The molecule has 24 heavy (non-hydrogen) atoms. The van der Waals surface area contributed by atoms with Gasteiger partial charge in [-0.25, -0.2) is 4.79 Å². The molecule has 0 saturated heterocycles. The zero-order chi connectivity index (χ0) is 17.8. The predicted molar refractivity (Wildman–Crippen MR) is 94.4 cm³/mol. The number of carbonyl (C=O) groups is 1. The Bertz CT molecular complexity index is 470. The lowest BCUT2D eigenvalue weighted by Crippen LogP contribution is -2.10. The van der Waals surface area contributed by atoms with Gasteiger partial charge in [0.15, 0.2) is 11.5 Å². The average molecular weight is 338 g/mol. The third-order valence-corrected chi connectivity index (χ3v) is 3.07. The number of benzene rings is 1. The van der Waals surface area contributed by atoms with Gasteiger partial charge in [-0.05, 0) is 37.8 Å². The molecule has 1 aromatic carbocycles. The van der Waals surface area contributed by atoms with Gasteiger partial charge in [-0.15, -0.1) is 0 Å². The van der Waals surface area contributed by atoms with E-state index in [9.17, 15) is 4.79 Å². The average Bonchev–Trinajstić information content (AvgIpc) is 2.60. The van der Waals surface area contributed by atoms with E-state index in [1.165, 1.54) is 0 Å². The summed E-state index contributed by atoms with van der Waals surface area (Å²) >= 11 is 0. The lowest BCUT2D eigenvalue weighted by atomic mass is 10.1. The first-order valence-electron chi connectivity index (χ1n) is 8.91. The largest absolute Gasteiger partial charge is 0.490 e. The van der Waals surface area contributed by atoms with Gasteiger partial charge in [0, 0.05) is 0 Å². The van der Waals surface area contributed by atoms with Gasteiger partial charge < -0.3 is 18.9 Å². The molecule has 0 spiro atoms. The summed E-state index contributed by atoms with van der Waals surface area (Å²) in [4.78, 5) is 12.2. The van der Waals surface area contributed by atoms with Crippen molar-refractivity contribution in [3.63, 3.8) is 0 Å². The molecule has 0 aromatic heterocycles. The summed E-state index contributed by atoms with van der Waals surface area (Å²) in [7, 11) is 0. The summed E-state index contributed by atoms with van der Waals surface area (Å²) in [5.41, 5.74) is 0.421. The Morgan fingerprint density at radius 2 is 1.21 bits per heavy atom. The Morgan fingerprint density at radius 1 is 0.750 bits per heavy atom. The van der Waals surface area contributed by atoms with E-state index in [1.807, 2.05) is 27.7 Å². The van der Waals surface area contributed by atoms with Crippen LogP contribution in [0.2, 0.25) is 0 Å². The number of ether oxygens (including phenoxy) is 4. The number of rotatable bonds is 12. The van der Waals surface area contributed by atoms with Crippen LogP contribution in [0.15, 0.2) is 12.1 Å². The monoisotopic (exact) mass is 338 g/mol. The van der Waals surface area contributed by atoms with E-state index in [2.05, 4.69) is 0 Å². The summed E-state index contributed by atoms with van der Waals surface area (Å²) in [6.45, 7) is 10.1. The second kappa shape index (κ2) is 11.6. The van der Waals surface area contributed by atoms with Crippen molar-refractivity contribution < 1.29 is 23.7 Å². The van der Waals surface area contributed by atoms with Crippen molar-refractivity contribution in [3.05, 3.63) is 17.7 Å². The van der Waals surface area contributed by atoms with Crippen LogP contribution < -0.4 is 14.2 Å². The van der Waals surface area contributed by atoms with Crippen LogP contribution in [-0.2, 0) is 4.74 Å². The van der Waals surface area contributed by atoms with E-state index < -0.39 is 0 Å². The molecular weight excluding hydrogens is 308 g/mol. The van der Waals surface area contributed by atoms with Crippen molar-refractivity contribution in [2.45, 2.75) is 53.4 Å². The highest BCUT2D eigenvalue weighted by molar-refractivity contribution is 5.91. The maximum absolute atomic E-state index is 12.2. The van der Waals surface area contributed by atoms with Gasteiger partial charge >= 0.3 is 5.97 Å². The topological polar surface area (TPSA) is 54.0 Å².